The van der Waals surface area contributed by atoms with Gasteiger partial charge in [0.05, 0.1) is 24.8 Å². The summed E-state index contributed by atoms with van der Waals surface area (Å²) < 4.78 is 30.9. The van der Waals surface area contributed by atoms with E-state index in [0.717, 1.165) is 23.3 Å². The number of nitrogens with zero attached hydrogens (tertiary/aromatic N) is 3. The highest BCUT2D eigenvalue weighted by Crippen LogP contribution is 2.37. The van der Waals surface area contributed by atoms with Gasteiger partial charge in [0.15, 0.2) is 5.11 Å². The van der Waals surface area contributed by atoms with Crippen molar-refractivity contribution in [3.05, 3.63) is 71.5 Å². The Labute approximate surface area is 209 Å². The van der Waals surface area contributed by atoms with E-state index in [2.05, 4.69) is 15.5 Å². The van der Waals surface area contributed by atoms with Crippen LogP contribution in [0.4, 0.5) is 4.39 Å². The number of hydrogen-bond donors (Lipinski definition) is 1. The molecular formula is C26H29FN4O3S. The minimum absolute atomic E-state index is 0.166. The van der Waals surface area contributed by atoms with Crippen molar-refractivity contribution >= 4 is 22.9 Å². The van der Waals surface area contributed by atoms with Crippen LogP contribution >= 0.6 is 12.2 Å². The van der Waals surface area contributed by atoms with Crippen LogP contribution < -0.4 is 10.1 Å². The van der Waals surface area contributed by atoms with Crippen LogP contribution in [0.3, 0.4) is 0 Å². The fourth-order valence-electron chi connectivity index (χ4n) is 4.02. The molecule has 1 aliphatic rings. The molecular weight excluding hydrogens is 467 g/mol. The molecule has 0 fully saturated rings. The zero-order valence-corrected chi connectivity index (χ0v) is 21.1. The van der Waals surface area contributed by atoms with Gasteiger partial charge in [-0.05, 0) is 69.2 Å². The Bertz CT molecular complexity index is 1230. The van der Waals surface area contributed by atoms with Crippen LogP contribution in [0, 0.1) is 5.82 Å². The second-order valence-electron chi connectivity index (χ2n) is 8.52. The lowest BCUT2D eigenvalue weighted by Crippen LogP contribution is -2.46. The molecule has 1 aliphatic heterocycles. The highest BCUT2D eigenvalue weighted by atomic mass is 32.1. The molecule has 3 aromatic rings. The average molecular weight is 497 g/mol. The first-order valence-corrected chi connectivity index (χ1v) is 11.9. The fraction of sp³-hybridized carbons (Fsp3) is 0.346. The third kappa shape index (κ3) is 5.68. The van der Waals surface area contributed by atoms with Crippen molar-refractivity contribution in [3.8, 4) is 17.1 Å². The second-order valence-corrected chi connectivity index (χ2v) is 8.90. The SMILES string of the molecule is COc1cccc(-c2noc(C3=C(C)N(CCCOC(C)C)C(=S)NC3c3cccc(F)c3)n2)c1. The van der Waals surface area contributed by atoms with Gasteiger partial charge in [-0.15, -0.1) is 0 Å². The first-order chi connectivity index (χ1) is 16.9. The van der Waals surface area contributed by atoms with Crippen molar-refractivity contribution in [3.63, 3.8) is 0 Å². The molecule has 0 saturated heterocycles. The number of nitrogens with one attached hydrogen (secondary N) is 1. The summed E-state index contributed by atoms with van der Waals surface area (Å²) in [4.78, 5) is 6.69. The number of aromatic nitrogens is 2. The van der Waals surface area contributed by atoms with Crippen LogP contribution in [0.15, 0.2) is 58.8 Å². The van der Waals surface area contributed by atoms with Crippen LogP contribution in [0.5, 0.6) is 5.75 Å². The molecule has 0 saturated carbocycles. The molecule has 184 valence electrons. The van der Waals surface area contributed by atoms with Crippen molar-refractivity contribution in [2.45, 2.75) is 39.3 Å². The molecule has 0 aliphatic carbocycles. The monoisotopic (exact) mass is 496 g/mol. The zero-order valence-electron chi connectivity index (χ0n) is 20.2. The second kappa shape index (κ2) is 11.0. The Kier molecular flexibility index (Phi) is 7.77. The van der Waals surface area contributed by atoms with E-state index in [1.807, 2.05) is 56.0 Å². The third-order valence-electron chi connectivity index (χ3n) is 5.74. The highest BCUT2D eigenvalue weighted by Gasteiger charge is 2.34. The number of hydrogen-bond acceptors (Lipinski definition) is 6. The van der Waals surface area contributed by atoms with E-state index in [9.17, 15) is 4.39 Å². The Morgan fingerprint density at radius 1 is 1.20 bits per heavy atom. The molecule has 35 heavy (non-hydrogen) atoms. The van der Waals surface area contributed by atoms with Gasteiger partial charge in [-0.3, -0.25) is 0 Å². The molecule has 0 spiro atoms. The van der Waals surface area contributed by atoms with Gasteiger partial charge < -0.3 is 24.2 Å². The number of rotatable bonds is 9. The standard InChI is InChI=1S/C26H29FN4O3S/c1-16(2)33-13-7-12-31-17(3)22(23(28-26(31)35)18-8-5-10-20(27)14-18)25-29-24(30-34-25)19-9-6-11-21(15-19)32-4/h5-6,8-11,14-16,23H,7,12-13H2,1-4H3,(H,28,35). The maximum Gasteiger partial charge on any atom is 0.258 e. The fourth-order valence-corrected chi connectivity index (χ4v) is 4.36. The Hall–Kier alpha value is -3.30. The third-order valence-corrected chi connectivity index (χ3v) is 6.08. The lowest BCUT2D eigenvalue weighted by atomic mass is 9.94. The molecule has 1 unspecified atom stereocenters. The summed E-state index contributed by atoms with van der Waals surface area (Å²) in [5.74, 6) is 1.14. The molecule has 9 heteroatoms. The number of thiocarbonyl (C=S) groups is 1. The van der Waals surface area contributed by atoms with E-state index in [-0.39, 0.29) is 11.9 Å². The van der Waals surface area contributed by atoms with Gasteiger partial charge in [-0.2, -0.15) is 4.98 Å². The number of methoxy groups -OCH3 is 1. The molecule has 0 amide bonds. The van der Waals surface area contributed by atoms with Gasteiger partial charge >= 0.3 is 0 Å². The van der Waals surface area contributed by atoms with E-state index >= 15 is 0 Å². The minimum atomic E-state index is -0.444. The first-order valence-electron chi connectivity index (χ1n) is 11.5. The van der Waals surface area contributed by atoms with Gasteiger partial charge in [-0.1, -0.05) is 29.4 Å². The van der Waals surface area contributed by atoms with Crippen molar-refractivity contribution in [2.24, 2.45) is 0 Å². The van der Waals surface area contributed by atoms with Gasteiger partial charge in [0.1, 0.15) is 11.6 Å². The summed E-state index contributed by atoms with van der Waals surface area (Å²) in [6.45, 7) is 7.26. The van der Waals surface area contributed by atoms with Gasteiger partial charge in [-0.25, -0.2) is 4.39 Å². The summed E-state index contributed by atoms with van der Waals surface area (Å²) >= 11 is 5.69. The highest BCUT2D eigenvalue weighted by molar-refractivity contribution is 7.80. The topological polar surface area (TPSA) is 72.7 Å². The summed E-state index contributed by atoms with van der Waals surface area (Å²) in [5, 5.41) is 8.11. The van der Waals surface area contributed by atoms with E-state index in [1.54, 1.807) is 13.2 Å². The van der Waals surface area contributed by atoms with Crippen LogP contribution in [-0.2, 0) is 4.74 Å². The molecule has 7 nitrogen and oxygen atoms in total. The zero-order chi connectivity index (χ0) is 24.9. The van der Waals surface area contributed by atoms with Crippen LogP contribution in [0.25, 0.3) is 17.0 Å². The van der Waals surface area contributed by atoms with Crippen molar-refractivity contribution in [1.29, 1.82) is 0 Å². The predicted molar refractivity (Wildman–Crippen MR) is 136 cm³/mol. The van der Waals surface area contributed by atoms with E-state index in [1.165, 1.54) is 12.1 Å². The van der Waals surface area contributed by atoms with Gasteiger partial charge in [0.25, 0.3) is 5.89 Å². The Balaban J connectivity index is 1.72. The lowest BCUT2D eigenvalue weighted by Gasteiger charge is -2.37. The number of benzene rings is 2. The first kappa shape index (κ1) is 24.8. The van der Waals surface area contributed by atoms with E-state index in [4.69, 9.17) is 26.2 Å². The Morgan fingerprint density at radius 3 is 2.74 bits per heavy atom. The summed E-state index contributed by atoms with van der Waals surface area (Å²) in [6.07, 6.45) is 0.952. The molecule has 1 atom stereocenters. The maximum atomic E-state index is 14.1. The number of allylic oxidation sites excluding steroid dienone is 1. The predicted octanol–water partition coefficient (Wildman–Crippen LogP) is 5.36. The van der Waals surface area contributed by atoms with E-state index < -0.39 is 6.04 Å². The van der Waals surface area contributed by atoms with E-state index in [0.29, 0.717) is 41.3 Å². The molecule has 0 bridgehead atoms. The summed E-state index contributed by atoms with van der Waals surface area (Å²) in [7, 11) is 1.61. The molecule has 1 aromatic heterocycles. The maximum absolute atomic E-state index is 14.1. The quantitative estimate of drug-likeness (QED) is 0.314. The van der Waals surface area contributed by atoms with Crippen molar-refractivity contribution in [1.82, 2.24) is 20.4 Å². The molecule has 2 aromatic carbocycles. The molecule has 4 rings (SSSR count). The average Bonchev–Trinajstić information content (AvgIpc) is 3.32. The Morgan fingerprint density at radius 2 is 2.00 bits per heavy atom. The van der Waals surface area contributed by atoms with Crippen molar-refractivity contribution in [2.75, 3.05) is 20.3 Å². The normalized spacial score (nSPS) is 16.1. The molecule has 2 heterocycles. The van der Waals surface area contributed by atoms with Crippen molar-refractivity contribution < 1.29 is 18.4 Å². The van der Waals surface area contributed by atoms with Crippen LogP contribution in [0.1, 0.15) is 44.7 Å². The number of halogens is 1. The van der Waals surface area contributed by atoms with Gasteiger partial charge in [0.2, 0.25) is 5.82 Å². The number of ether oxygens (including phenoxy) is 2. The van der Waals surface area contributed by atoms with Gasteiger partial charge in [0, 0.05) is 24.4 Å². The van der Waals surface area contributed by atoms with Crippen LogP contribution in [-0.4, -0.2) is 46.5 Å². The summed E-state index contributed by atoms with van der Waals surface area (Å²) in [6, 6.07) is 13.4. The van der Waals surface area contributed by atoms with Crippen LogP contribution in [0.2, 0.25) is 0 Å². The summed E-state index contributed by atoms with van der Waals surface area (Å²) in [5.41, 5.74) is 3.09. The lowest BCUT2D eigenvalue weighted by molar-refractivity contribution is 0.0749. The largest absolute Gasteiger partial charge is 0.497 e. The smallest absolute Gasteiger partial charge is 0.258 e. The molecule has 0 radical (unpaired) electrons. The molecule has 1 N–H and O–H groups in total. The minimum Gasteiger partial charge on any atom is -0.497 e.